The lowest BCUT2D eigenvalue weighted by Crippen LogP contribution is -2.50. The summed E-state index contributed by atoms with van der Waals surface area (Å²) in [7, 11) is 0. The van der Waals surface area contributed by atoms with Crippen LogP contribution in [0, 0.1) is 5.92 Å². The van der Waals surface area contributed by atoms with Gasteiger partial charge in [-0.1, -0.05) is 13.8 Å². The summed E-state index contributed by atoms with van der Waals surface area (Å²) in [6, 6.07) is 1.88. The van der Waals surface area contributed by atoms with Crippen LogP contribution in [-0.2, 0) is 4.79 Å². The fraction of sp³-hybridized carbons (Fsp3) is 0.625. The van der Waals surface area contributed by atoms with Crippen LogP contribution in [0.25, 0.3) is 0 Å². The van der Waals surface area contributed by atoms with Crippen molar-refractivity contribution in [1.29, 1.82) is 0 Å². The second-order valence-electron chi connectivity index (χ2n) is 6.09. The third kappa shape index (κ3) is 5.10. The maximum atomic E-state index is 12.2. The number of piperazine rings is 1. The zero-order valence-electron chi connectivity index (χ0n) is 13.4. The van der Waals surface area contributed by atoms with Gasteiger partial charge in [0, 0.05) is 51.1 Å². The number of rotatable bonds is 6. The minimum absolute atomic E-state index is 0.126. The molecule has 0 aliphatic carbocycles. The molecule has 0 spiro atoms. The van der Waals surface area contributed by atoms with E-state index in [0.717, 1.165) is 38.3 Å². The van der Waals surface area contributed by atoms with Crippen LogP contribution >= 0.6 is 11.3 Å². The quantitative estimate of drug-likeness (QED) is 0.866. The Morgan fingerprint density at radius 1 is 1.27 bits per heavy atom. The number of carbonyl (C=O) groups excluding carboxylic acids is 2. The lowest BCUT2D eigenvalue weighted by molar-refractivity contribution is -0.121. The first-order chi connectivity index (χ1) is 10.6. The summed E-state index contributed by atoms with van der Waals surface area (Å²) in [6.07, 6.45) is 0.586. The highest BCUT2D eigenvalue weighted by molar-refractivity contribution is 7.08. The fourth-order valence-electron chi connectivity index (χ4n) is 2.54. The maximum Gasteiger partial charge on any atom is 0.254 e. The van der Waals surface area contributed by atoms with Gasteiger partial charge in [-0.15, -0.1) is 0 Å². The highest BCUT2D eigenvalue weighted by Crippen LogP contribution is 2.11. The first-order valence-electron chi connectivity index (χ1n) is 7.87. The molecule has 1 aromatic heterocycles. The molecular formula is C16H25N3O2S. The summed E-state index contributed by atoms with van der Waals surface area (Å²) in [5.41, 5.74) is 0.791. The zero-order valence-corrected chi connectivity index (χ0v) is 14.2. The van der Waals surface area contributed by atoms with Crippen LogP contribution in [0.1, 0.15) is 30.6 Å². The van der Waals surface area contributed by atoms with Gasteiger partial charge in [-0.05, 0) is 17.4 Å². The third-order valence-corrected chi connectivity index (χ3v) is 4.45. The number of nitrogens with zero attached hydrogens (tertiary/aromatic N) is 2. The van der Waals surface area contributed by atoms with E-state index in [1.54, 1.807) is 11.3 Å². The van der Waals surface area contributed by atoms with Crippen molar-refractivity contribution in [2.75, 3.05) is 39.3 Å². The fourth-order valence-corrected chi connectivity index (χ4v) is 3.17. The van der Waals surface area contributed by atoms with Crippen LogP contribution in [-0.4, -0.2) is 60.9 Å². The van der Waals surface area contributed by atoms with E-state index in [9.17, 15) is 9.59 Å². The predicted octanol–water partition coefficient (Wildman–Crippen LogP) is 1.67. The Kier molecular flexibility index (Phi) is 6.39. The number of hydrogen-bond acceptors (Lipinski definition) is 4. The summed E-state index contributed by atoms with van der Waals surface area (Å²) in [6.45, 7) is 8.88. The van der Waals surface area contributed by atoms with Crippen molar-refractivity contribution < 1.29 is 9.59 Å². The van der Waals surface area contributed by atoms with Crippen LogP contribution in [0.3, 0.4) is 0 Å². The summed E-state index contributed by atoms with van der Waals surface area (Å²) in [5, 5.41) is 6.79. The van der Waals surface area contributed by atoms with E-state index in [1.165, 1.54) is 0 Å². The first kappa shape index (κ1) is 17.0. The molecule has 1 fully saturated rings. The van der Waals surface area contributed by atoms with Crippen LogP contribution < -0.4 is 5.32 Å². The Bertz CT molecular complexity index is 480. The molecule has 1 N–H and O–H groups in total. The van der Waals surface area contributed by atoms with Crippen LogP contribution in [0.4, 0.5) is 0 Å². The predicted molar refractivity (Wildman–Crippen MR) is 89.1 cm³/mol. The lowest BCUT2D eigenvalue weighted by atomic mass is 10.1. The smallest absolute Gasteiger partial charge is 0.254 e. The van der Waals surface area contributed by atoms with Gasteiger partial charge in [0.2, 0.25) is 5.91 Å². The van der Waals surface area contributed by atoms with Crippen molar-refractivity contribution in [2.24, 2.45) is 5.92 Å². The normalized spacial score (nSPS) is 16.0. The molecule has 0 aromatic carbocycles. The average molecular weight is 323 g/mol. The van der Waals surface area contributed by atoms with E-state index < -0.39 is 0 Å². The third-order valence-electron chi connectivity index (χ3n) is 3.77. The van der Waals surface area contributed by atoms with Crippen LogP contribution in [0.15, 0.2) is 16.8 Å². The van der Waals surface area contributed by atoms with Crippen LogP contribution in [0.5, 0.6) is 0 Å². The largest absolute Gasteiger partial charge is 0.355 e. The summed E-state index contributed by atoms with van der Waals surface area (Å²) >= 11 is 1.55. The molecule has 1 saturated heterocycles. The average Bonchev–Trinajstić information content (AvgIpc) is 3.00. The van der Waals surface area contributed by atoms with E-state index in [1.807, 2.05) is 35.6 Å². The molecule has 6 heteroatoms. The minimum Gasteiger partial charge on any atom is -0.355 e. The van der Waals surface area contributed by atoms with Gasteiger partial charge in [-0.3, -0.25) is 14.5 Å². The van der Waals surface area contributed by atoms with Gasteiger partial charge >= 0.3 is 0 Å². The van der Waals surface area contributed by atoms with Gasteiger partial charge < -0.3 is 10.2 Å². The summed E-state index contributed by atoms with van der Waals surface area (Å²) < 4.78 is 0. The van der Waals surface area contributed by atoms with Crippen molar-refractivity contribution in [3.63, 3.8) is 0 Å². The van der Waals surface area contributed by atoms with Crippen LogP contribution in [0.2, 0.25) is 0 Å². The number of amides is 2. The van der Waals surface area contributed by atoms with Gasteiger partial charge in [-0.25, -0.2) is 0 Å². The Balaban J connectivity index is 1.65. The van der Waals surface area contributed by atoms with E-state index in [4.69, 9.17) is 0 Å². The van der Waals surface area contributed by atoms with Crippen molar-refractivity contribution in [1.82, 2.24) is 15.1 Å². The Morgan fingerprint density at radius 2 is 2.00 bits per heavy atom. The van der Waals surface area contributed by atoms with E-state index in [0.29, 0.717) is 18.9 Å². The molecule has 2 rings (SSSR count). The molecule has 0 bridgehead atoms. The number of thiophene rings is 1. The second kappa shape index (κ2) is 8.29. The molecular weight excluding hydrogens is 298 g/mol. The Morgan fingerprint density at radius 3 is 2.59 bits per heavy atom. The maximum absolute atomic E-state index is 12.2. The molecule has 0 radical (unpaired) electrons. The molecule has 2 amide bonds. The van der Waals surface area contributed by atoms with Gasteiger partial charge in [0.15, 0.2) is 0 Å². The van der Waals surface area contributed by atoms with Gasteiger partial charge in [0.25, 0.3) is 5.91 Å². The molecule has 0 saturated carbocycles. The molecule has 1 aliphatic rings. The molecule has 122 valence electrons. The summed E-state index contributed by atoms with van der Waals surface area (Å²) in [5.74, 6) is 0.652. The lowest BCUT2D eigenvalue weighted by Gasteiger charge is -2.34. The van der Waals surface area contributed by atoms with Crippen molar-refractivity contribution in [3.05, 3.63) is 22.4 Å². The molecule has 2 heterocycles. The summed E-state index contributed by atoms with van der Waals surface area (Å²) in [4.78, 5) is 28.0. The number of nitrogens with one attached hydrogen (secondary N) is 1. The molecule has 0 atom stereocenters. The Hall–Kier alpha value is -1.40. The number of carbonyl (C=O) groups is 2. The molecule has 1 aromatic rings. The van der Waals surface area contributed by atoms with Crippen molar-refractivity contribution >= 4 is 23.2 Å². The Labute approximate surface area is 136 Å². The van der Waals surface area contributed by atoms with Gasteiger partial charge in [-0.2, -0.15) is 11.3 Å². The zero-order chi connectivity index (χ0) is 15.9. The minimum atomic E-state index is 0.126. The standard InChI is InChI=1S/C16H25N3O2S/c1-13(2)11-15(20)17-4-5-18-6-8-19(9-7-18)16(21)14-3-10-22-12-14/h3,10,12-13H,4-9,11H2,1-2H3,(H,17,20). The first-order valence-corrected chi connectivity index (χ1v) is 8.81. The van der Waals surface area contributed by atoms with E-state index in [-0.39, 0.29) is 11.8 Å². The molecule has 1 aliphatic heterocycles. The van der Waals surface area contributed by atoms with Gasteiger partial charge in [0.1, 0.15) is 0 Å². The second-order valence-corrected chi connectivity index (χ2v) is 6.87. The van der Waals surface area contributed by atoms with E-state index in [2.05, 4.69) is 10.2 Å². The van der Waals surface area contributed by atoms with Crippen molar-refractivity contribution in [3.8, 4) is 0 Å². The molecule has 5 nitrogen and oxygen atoms in total. The van der Waals surface area contributed by atoms with Crippen molar-refractivity contribution in [2.45, 2.75) is 20.3 Å². The molecule has 0 unspecified atom stereocenters. The SMILES string of the molecule is CC(C)CC(=O)NCCN1CCN(C(=O)c2ccsc2)CC1. The number of hydrogen-bond donors (Lipinski definition) is 1. The highest BCUT2D eigenvalue weighted by atomic mass is 32.1. The van der Waals surface area contributed by atoms with Gasteiger partial charge in [0.05, 0.1) is 5.56 Å². The highest BCUT2D eigenvalue weighted by Gasteiger charge is 2.22. The van der Waals surface area contributed by atoms with E-state index >= 15 is 0 Å². The topological polar surface area (TPSA) is 52.7 Å². The molecule has 22 heavy (non-hydrogen) atoms. The monoisotopic (exact) mass is 323 g/mol.